The summed E-state index contributed by atoms with van der Waals surface area (Å²) >= 11 is 0. The molecule has 3 N–H and O–H groups in total. The number of carbonyl (C=O) groups is 2. The number of amides is 2. The summed E-state index contributed by atoms with van der Waals surface area (Å²) in [7, 11) is -0.391. The molecule has 4 aromatic carbocycles. The number of benzene rings is 4. The van der Waals surface area contributed by atoms with Crippen molar-refractivity contribution in [3.05, 3.63) is 156 Å². The molecule has 7 atom stereocenters. The standard InChI is InChI=1S/C58H69N10O10P/c1-6-7-10-20-50(69)60-30-33-72-34-31-66-35-46(65-66)36-73-53-52-49(77-57(53)67-39-63-51-54(61-38-62-55(51)67)64-56(70)42-16-11-8-12-17-42)37-74-58(43-18-13-9-14-19-43,44-21-25-47(71-5)26-22-44)45-23-27-48(28-24-45)76-41(4)68(40(2)3)79(78-52)75-32-15-29-59/h8-9,11-14,16-19,21-28,35,38-41,49,52-53,57,65H,6-7,10,15,20,30-34,36-37H2,1-5H3,(H,60,69)(H,61,62,64,70)/t41?,49-,52-,53-,57-,58?,79?/m1/s1. The molecule has 0 radical (unpaired) electrons. The first-order chi connectivity index (χ1) is 38.6. The lowest BCUT2D eigenvalue weighted by molar-refractivity contribution is -0.121. The molecule has 0 saturated carbocycles. The van der Waals surface area contributed by atoms with Gasteiger partial charge < -0.3 is 48.1 Å². The number of nitrogens with zero attached hydrogens (tertiary/aromatic N) is 7. The maximum atomic E-state index is 13.5. The van der Waals surface area contributed by atoms with E-state index in [1.807, 2.05) is 121 Å². The minimum atomic E-state index is -2.02. The average molecular weight is 1100 g/mol. The van der Waals surface area contributed by atoms with Crippen LogP contribution in [0.4, 0.5) is 5.82 Å². The molecule has 7 aromatic rings. The van der Waals surface area contributed by atoms with Crippen molar-refractivity contribution >= 4 is 37.3 Å². The van der Waals surface area contributed by atoms with E-state index in [9.17, 15) is 14.9 Å². The fourth-order valence-electron chi connectivity index (χ4n) is 9.81. The number of fused-ring (bicyclic) bond motifs is 9. The highest BCUT2D eigenvalue weighted by Gasteiger charge is 2.52. The molecule has 3 aliphatic rings. The molecule has 3 aromatic heterocycles. The van der Waals surface area contributed by atoms with Crippen LogP contribution in [0.2, 0.25) is 0 Å². The van der Waals surface area contributed by atoms with Crippen molar-refractivity contribution in [1.29, 1.82) is 5.26 Å². The van der Waals surface area contributed by atoms with Gasteiger partial charge in [0, 0.05) is 30.8 Å². The number of imidazole rings is 1. The Morgan fingerprint density at radius 1 is 0.924 bits per heavy atom. The van der Waals surface area contributed by atoms with E-state index in [1.54, 1.807) is 42.3 Å². The number of H-pyrrole nitrogens is 1. The number of methoxy groups -OCH3 is 1. The molecule has 20 nitrogen and oxygen atoms in total. The summed E-state index contributed by atoms with van der Waals surface area (Å²) in [5.41, 5.74) is 3.20. The fraction of sp³-hybridized carbons (Fsp3) is 0.414. The lowest BCUT2D eigenvalue weighted by Gasteiger charge is -2.40. The highest BCUT2D eigenvalue weighted by molar-refractivity contribution is 7.44. The highest BCUT2D eigenvalue weighted by atomic mass is 31.2. The van der Waals surface area contributed by atoms with Crippen LogP contribution in [0, 0.1) is 11.3 Å². The van der Waals surface area contributed by atoms with Gasteiger partial charge in [-0.2, -0.15) is 9.93 Å². The lowest BCUT2D eigenvalue weighted by atomic mass is 9.80. The summed E-state index contributed by atoms with van der Waals surface area (Å²) in [5, 5.41) is 19.0. The number of aromatic amines is 1. The molecule has 10 rings (SSSR count). The number of hydrogen-bond donors (Lipinski definition) is 3. The summed E-state index contributed by atoms with van der Waals surface area (Å²) in [6, 6.07) is 36.6. The summed E-state index contributed by atoms with van der Waals surface area (Å²) in [4.78, 5) is 39.6. The number of hydrogen-bond acceptors (Lipinski definition) is 15. The number of unbranched alkanes of at least 4 members (excludes halogenated alkanes) is 2. The first kappa shape index (κ1) is 56.7. The maximum absolute atomic E-state index is 13.5. The second kappa shape index (κ2) is 27.2. The van der Waals surface area contributed by atoms with Crippen LogP contribution in [0.25, 0.3) is 11.2 Å². The lowest BCUT2D eigenvalue weighted by Crippen LogP contribution is -2.44. The van der Waals surface area contributed by atoms with Crippen molar-refractivity contribution in [2.45, 2.75) is 115 Å². The molecule has 2 bridgehead atoms. The Bertz CT molecular complexity index is 3070. The van der Waals surface area contributed by atoms with E-state index in [0.29, 0.717) is 61.0 Å². The van der Waals surface area contributed by atoms with Gasteiger partial charge in [-0.3, -0.25) is 23.9 Å². The summed E-state index contributed by atoms with van der Waals surface area (Å²) in [6.07, 6.45) is 4.28. The van der Waals surface area contributed by atoms with Crippen LogP contribution in [0.1, 0.15) is 98.8 Å². The van der Waals surface area contributed by atoms with Gasteiger partial charge in [-0.05, 0) is 80.3 Å². The average Bonchev–Trinajstić information content (AvgIpc) is 4.25. The molecule has 3 aliphatic heterocycles. The van der Waals surface area contributed by atoms with Crippen molar-refractivity contribution in [2.24, 2.45) is 0 Å². The number of anilines is 1. The van der Waals surface area contributed by atoms with Crippen LogP contribution in [-0.2, 0) is 51.5 Å². The van der Waals surface area contributed by atoms with Crippen LogP contribution >= 0.6 is 8.53 Å². The third kappa shape index (κ3) is 13.5. The van der Waals surface area contributed by atoms with Gasteiger partial charge in [-0.25, -0.2) is 15.0 Å². The van der Waals surface area contributed by atoms with Crippen LogP contribution in [0.3, 0.4) is 0 Å². The molecule has 79 heavy (non-hydrogen) atoms. The van der Waals surface area contributed by atoms with Crippen molar-refractivity contribution < 1.29 is 47.1 Å². The van der Waals surface area contributed by atoms with Gasteiger partial charge in [0.1, 0.15) is 41.7 Å². The SMILES string of the molecule is CCCCCC(=O)NCCOCCn1cc(CO[C@@H]2[C@@H]3OP(OCCC#N)N(C(C)C)C(C)Oc4ccc(cc4)C(c4ccccc4)(c4ccc(OC)cc4)OC[C@H]3O[C@H]2n2cnc3c(NC(=O)c4ccccc4)ncnc32)[nH]1. The first-order valence-electron chi connectivity index (χ1n) is 26.9. The molecular formula is C58H69N10O10P. The highest BCUT2D eigenvalue weighted by Crippen LogP contribution is 2.52. The molecule has 416 valence electrons. The molecular weight excluding hydrogens is 1030 g/mol. The van der Waals surface area contributed by atoms with Crippen molar-refractivity contribution in [3.63, 3.8) is 0 Å². The van der Waals surface area contributed by atoms with Gasteiger partial charge in [-0.15, -0.1) is 0 Å². The third-order valence-electron chi connectivity index (χ3n) is 13.7. The predicted molar refractivity (Wildman–Crippen MR) is 296 cm³/mol. The van der Waals surface area contributed by atoms with Gasteiger partial charge in [0.2, 0.25) is 5.91 Å². The smallest absolute Gasteiger partial charge is 0.262 e. The number of nitrogens with one attached hydrogen (secondary N) is 3. The Hall–Kier alpha value is -7.05. The van der Waals surface area contributed by atoms with Crippen LogP contribution < -0.4 is 20.1 Å². The predicted octanol–water partition coefficient (Wildman–Crippen LogP) is 9.41. The molecule has 6 heterocycles. The van der Waals surface area contributed by atoms with Crippen molar-refractivity contribution in [3.8, 4) is 17.6 Å². The Morgan fingerprint density at radius 2 is 1.65 bits per heavy atom. The van der Waals surface area contributed by atoms with Crippen molar-refractivity contribution in [1.82, 2.24) is 39.3 Å². The molecule has 21 heteroatoms. The van der Waals surface area contributed by atoms with Gasteiger partial charge >= 0.3 is 0 Å². The molecule has 1 fully saturated rings. The van der Waals surface area contributed by atoms with E-state index in [2.05, 4.69) is 33.7 Å². The summed E-state index contributed by atoms with van der Waals surface area (Å²) in [6.45, 7) is 10.1. The van der Waals surface area contributed by atoms with Crippen LogP contribution in [0.5, 0.6) is 11.5 Å². The van der Waals surface area contributed by atoms with Crippen LogP contribution in [-0.4, -0.2) is 116 Å². The molecule has 3 unspecified atom stereocenters. The zero-order valence-electron chi connectivity index (χ0n) is 45.2. The second-order valence-electron chi connectivity index (χ2n) is 19.4. The summed E-state index contributed by atoms with van der Waals surface area (Å²) in [5.74, 6) is 1.18. The monoisotopic (exact) mass is 1100 g/mol. The summed E-state index contributed by atoms with van der Waals surface area (Å²) < 4.78 is 59.8. The fourth-order valence-corrected chi connectivity index (χ4v) is 11.5. The molecule has 2 amide bonds. The largest absolute Gasteiger partial charge is 0.497 e. The van der Waals surface area contributed by atoms with E-state index in [-0.39, 0.29) is 49.9 Å². The zero-order chi connectivity index (χ0) is 55.1. The number of aromatic nitrogens is 6. The number of nitriles is 1. The first-order valence-corrected chi connectivity index (χ1v) is 28.0. The van der Waals surface area contributed by atoms with E-state index < -0.39 is 44.9 Å². The van der Waals surface area contributed by atoms with E-state index in [0.717, 1.165) is 41.6 Å². The molecule has 0 aliphatic carbocycles. The molecule has 1 saturated heterocycles. The quantitative estimate of drug-likeness (QED) is 0.0401. The molecule has 0 spiro atoms. The van der Waals surface area contributed by atoms with E-state index in [4.69, 9.17) is 47.4 Å². The Kier molecular flexibility index (Phi) is 19.5. The number of rotatable bonds is 23. The third-order valence-corrected chi connectivity index (χ3v) is 15.7. The zero-order valence-corrected chi connectivity index (χ0v) is 46.1. The van der Waals surface area contributed by atoms with Gasteiger partial charge in [0.15, 0.2) is 29.4 Å². The Morgan fingerprint density at radius 3 is 2.35 bits per heavy atom. The second-order valence-corrected chi connectivity index (χ2v) is 20.8. The number of carbonyl (C=O) groups excluding carboxylic acids is 2. The normalized spacial score (nSPS) is 21.5. The van der Waals surface area contributed by atoms with E-state index >= 15 is 0 Å². The van der Waals surface area contributed by atoms with Gasteiger partial charge in [0.25, 0.3) is 14.4 Å². The van der Waals surface area contributed by atoms with E-state index in [1.165, 1.54) is 6.33 Å². The Balaban J connectivity index is 1.09. The van der Waals surface area contributed by atoms with Gasteiger partial charge in [-0.1, -0.05) is 92.6 Å². The number of ether oxygens (including phenoxy) is 6. The minimum absolute atomic E-state index is 0.0413. The topological polar surface area (TPSA) is 223 Å². The minimum Gasteiger partial charge on any atom is -0.497 e. The van der Waals surface area contributed by atoms with Gasteiger partial charge in [0.05, 0.1) is 71.2 Å². The maximum Gasteiger partial charge on any atom is 0.262 e. The van der Waals surface area contributed by atoms with Crippen molar-refractivity contribution in [2.75, 3.05) is 45.4 Å². The van der Waals surface area contributed by atoms with Crippen LogP contribution in [0.15, 0.2) is 128 Å². The Labute approximate surface area is 461 Å².